The molecular weight excluding hydrogens is 350 g/mol. The number of nitrogens with two attached hydrogens (primary N) is 1. The maximum Gasteiger partial charge on any atom is 0.253 e. The van der Waals surface area contributed by atoms with Gasteiger partial charge < -0.3 is 10.6 Å². The molecule has 2 rings (SSSR count). The molecule has 6 nitrogen and oxygen atoms in total. The van der Waals surface area contributed by atoms with Crippen molar-refractivity contribution in [1.82, 2.24) is 9.62 Å². The van der Waals surface area contributed by atoms with E-state index in [1.807, 2.05) is 30.3 Å². The zero-order chi connectivity index (χ0) is 19.0. The van der Waals surface area contributed by atoms with Crippen molar-refractivity contribution in [2.24, 2.45) is 5.73 Å². The fourth-order valence-corrected chi connectivity index (χ4v) is 3.72. The molecule has 0 aliphatic rings. The summed E-state index contributed by atoms with van der Waals surface area (Å²) in [6.07, 6.45) is 0.710. The van der Waals surface area contributed by atoms with Crippen molar-refractivity contribution in [2.45, 2.75) is 18.2 Å². The van der Waals surface area contributed by atoms with Crippen LogP contribution >= 0.6 is 0 Å². The molecule has 7 heteroatoms. The largest absolute Gasteiger partial charge is 0.337 e. The van der Waals surface area contributed by atoms with Crippen LogP contribution in [0.5, 0.6) is 0 Å². The van der Waals surface area contributed by atoms with Crippen LogP contribution in [0.1, 0.15) is 22.8 Å². The molecule has 0 radical (unpaired) electrons. The molecule has 2 aromatic carbocycles. The van der Waals surface area contributed by atoms with Crippen LogP contribution < -0.4 is 10.5 Å². The van der Waals surface area contributed by atoms with Crippen molar-refractivity contribution >= 4 is 15.9 Å². The molecule has 26 heavy (non-hydrogen) atoms. The van der Waals surface area contributed by atoms with Crippen LogP contribution in [0, 0.1) is 0 Å². The number of benzene rings is 2. The summed E-state index contributed by atoms with van der Waals surface area (Å²) in [5, 5.41) is 0. The van der Waals surface area contributed by atoms with Crippen LogP contribution in [0.25, 0.3) is 0 Å². The van der Waals surface area contributed by atoms with Gasteiger partial charge in [0.15, 0.2) is 0 Å². The van der Waals surface area contributed by atoms with Crippen LogP contribution in [0.2, 0.25) is 0 Å². The second-order valence-corrected chi connectivity index (χ2v) is 7.61. The lowest BCUT2D eigenvalue weighted by Gasteiger charge is -2.22. The first-order valence-corrected chi connectivity index (χ1v) is 10.1. The molecule has 0 atom stereocenters. The van der Waals surface area contributed by atoms with Gasteiger partial charge in [0.1, 0.15) is 0 Å². The summed E-state index contributed by atoms with van der Waals surface area (Å²) in [5.74, 6) is -0.222. The maximum atomic E-state index is 12.8. The number of hydrogen-bond donors (Lipinski definition) is 2. The minimum Gasteiger partial charge on any atom is -0.337 e. The fraction of sp³-hybridized carbons (Fsp3) is 0.316. The summed E-state index contributed by atoms with van der Waals surface area (Å²) in [6.45, 7) is 3.27. The van der Waals surface area contributed by atoms with Gasteiger partial charge in [-0.2, -0.15) is 0 Å². The molecule has 140 valence electrons. The van der Waals surface area contributed by atoms with Crippen LogP contribution in [0.15, 0.2) is 59.5 Å². The molecule has 0 bridgehead atoms. The summed E-state index contributed by atoms with van der Waals surface area (Å²) in [7, 11) is -3.61. The number of nitrogens with one attached hydrogen (secondary N) is 1. The molecule has 0 saturated heterocycles. The SMILES string of the molecule is CCNS(=O)(=O)c1cccc(C(=O)N(CCN)CCc2ccccc2)c1. The molecular formula is C19H25N3O3S. The van der Waals surface area contributed by atoms with Crippen molar-refractivity contribution < 1.29 is 13.2 Å². The van der Waals surface area contributed by atoms with Gasteiger partial charge in [0.25, 0.3) is 5.91 Å². The van der Waals surface area contributed by atoms with Gasteiger partial charge in [-0.3, -0.25) is 4.79 Å². The number of sulfonamides is 1. The molecule has 3 N–H and O–H groups in total. The molecule has 0 saturated carbocycles. The first-order valence-electron chi connectivity index (χ1n) is 8.61. The molecule has 0 fully saturated rings. The summed E-state index contributed by atoms with van der Waals surface area (Å²) in [5.41, 5.74) is 7.12. The standard InChI is InChI=1S/C19H25N3O3S/c1-2-21-26(24,25)18-10-6-9-17(15-18)19(23)22(14-12-20)13-11-16-7-4-3-5-8-16/h3-10,15,21H,2,11-14,20H2,1H3. The van der Waals surface area contributed by atoms with E-state index in [0.717, 1.165) is 5.56 Å². The van der Waals surface area contributed by atoms with Gasteiger partial charge in [0.2, 0.25) is 10.0 Å². The van der Waals surface area contributed by atoms with Crippen LogP contribution in [-0.2, 0) is 16.4 Å². The van der Waals surface area contributed by atoms with E-state index >= 15 is 0 Å². The van der Waals surface area contributed by atoms with E-state index in [2.05, 4.69) is 4.72 Å². The molecule has 2 aromatic rings. The highest BCUT2D eigenvalue weighted by Crippen LogP contribution is 2.14. The number of carbonyl (C=O) groups is 1. The molecule has 0 aromatic heterocycles. The predicted octanol–water partition coefficient (Wildman–Crippen LogP) is 1.63. The summed E-state index contributed by atoms with van der Waals surface area (Å²) >= 11 is 0. The Morgan fingerprint density at radius 3 is 2.46 bits per heavy atom. The average molecular weight is 375 g/mol. The van der Waals surface area contributed by atoms with E-state index in [0.29, 0.717) is 31.6 Å². The Morgan fingerprint density at radius 1 is 1.08 bits per heavy atom. The van der Waals surface area contributed by atoms with E-state index in [1.54, 1.807) is 24.0 Å². The van der Waals surface area contributed by atoms with Gasteiger partial charge >= 0.3 is 0 Å². The Labute approximate surface area is 155 Å². The first kappa shape index (κ1) is 20.1. The van der Waals surface area contributed by atoms with Crippen LogP contribution in [0.4, 0.5) is 0 Å². The third kappa shape index (κ3) is 5.39. The summed E-state index contributed by atoms with van der Waals surface area (Å²) < 4.78 is 26.7. The molecule has 0 spiro atoms. The topological polar surface area (TPSA) is 92.5 Å². The van der Waals surface area contributed by atoms with Crippen LogP contribution in [-0.4, -0.2) is 45.4 Å². The van der Waals surface area contributed by atoms with Gasteiger partial charge in [-0.25, -0.2) is 13.1 Å². The molecule has 0 unspecified atom stereocenters. The Morgan fingerprint density at radius 2 is 1.81 bits per heavy atom. The quantitative estimate of drug-likeness (QED) is 0.697. The Hall–Kier alpha value is -2.22. The third-order valence-corrected chi connectivity index (χ3v) is 5.47. The van der Waals surface area contributed by atoms with E-state index in [1.165, 1.54) is 12.1 Å². The van der Waals surface area contributed by atoms with Gasteiger partial charge in [-0.1, -0.05) is 43.3 Å². The highest BCUT2D eigenvalue weighted by atomic mass is 32.2. The van der Waals surface area contributed by atoms with Crippen molar-refractivity contribution in [3.8, 4) is 0 Å². The molecule has 0 aliphatic heterocycles. The first-order chi connectivity index (χ1) is 12.5. The molecule has 0 heterocycles. The monoisotopic (exact) mass is 375 g/mol. The van der Waals surface area contributed by atoms with Crippen molar-refractivity contribution in [1.29, 1.82) is 0 Å². The van der Waals surface area contributed by atoms with Gasteiger partial charge in [0.05, 0.1) is 4.90 Å². The van der Waals surface area contributed by atoms with Gasteiger partial charge in [-0.05, 0) is 30.2 Å². The number of carbonyl (C=O) groups excluding carboxylic acids is 1. The summed E-state index contributed by atoms with van der Waals surface area (Å²) in [4.78, 5) is 14.6. The highest BCUT2D eigenvalue weighted by Gasteiger charge is 2.19. The fourth-order valence-electron chi connectivity index (χ4n) is 2.63. The Balaban J connectivity index is 2.18. The minimum absolute atomic E-state index is 0.0842. The maximum absolute atomic E-state index is 12.8. The normalized spacial score (nSPS) is 11.3. The smallest absolute Gasteiger partial charge is 0.253 e. The van der Waals surface area contributed by atoms with Crippen LogP contribution in [0.3, 0.4) is 0 Å². The number of hydrogen-bond acceptors (Lipinski definition) is 4. The average Bonchev–Trinajstić information content (AvgIpc) is 2.65. The lowest BCUT2D eigenvalue weighted by molar-refractivity contribution is 0.0762. The number of amides is 1. The lowest BCUT2D eigenvalue weighted by atomic mass is 10.1. The van der Waals surface area contributed by atoms with E-state index in [9.17, 15) is 13.2 Å². The lowest BCUT2D eigenvalue weighted by Crippen LogP contribution is -2.37. The predicted molar refractivity (Wildman–Crippen MR) is 102 cm³/mol. The number of nitrogens with zero attached hydrogens (tertiary/aromatic N) is 1. The van der Waals surface area contributed by atoms with E-state index in [4.69, 9.17) is 5.73 Å². The minimum atomic E-state index is -3.61. The zero-order valence-corrected chi connectivity index (χ0v) is 15.7. The number of rotatable bonds is 9. The molecule has 0 aliphatic carbocycles. The molecule has 1 amide bonds. The van der Waals surface area contributed by atoms with E-state index < -0.39 is 10.0 Å². The van der Waals surface area contributed by atoms with Crippen molar-refractivity contribution in [2.75, 3.05) is 26.2 Å². The van der Waals surface area contributed by atoms with Gasteiger partial charge in [0, 0.05) is 31.7 Å². The van der Waals surface area contributed by atoms with E-state index in [-0.39, 0.29) is 17.3 Å². The highest BCUT2D eigenvalue weighted by molar-refractivity contribution is 7.89. The van der Waals surface area contributed by atoms with Crippen molar-refractivity contribution in [3.05, 3.63) is 65.7 Å². The zero-order valence-electron chi connectivity index (χ0n) is 14.9. The second-order valence-electron chi connectivity index (χ2n) is 5.85. The summed E-state index contributed by atoms with van der Waals surface area (Å²) in [6, 6.07) is 16.0. The van der Waals surface area contributed by atoms with Crippen molar-refractivity contribution in [3.63, 3.8) is 0 Å². The Kier molecular flexibility index (Phi) is 7.32. The van der Waals surface area contributed by atoms with Gasteiger partial charge in [-0.15, -0.1) is 0 Å². The Bertz CT molecular complexity index is 823. The second kappa shape index (κ2) is 9.47. The third-order valence-electron chi connectivity index (χ3n) is 3.93.